The Kier molecular flexibility index (Phi) is 3.80. The Hall–Kier alpha value is -1.34. The van der Waals surface area contributed by atoms with Crippen LogP contribution in [0.3, 0.4) is 0 Å². The normalized spacial score (nSPS) is 30.6. The van der Waals surface area contributed by atoms with Gasteiger partial charge in [0.2, 0.25) is 0 Å². The van der Waals surface area contributed by atoms with Crippen molar-refractivity contribution in [1.82, 2.24) is 14.7 Å². The predicted octanol–water partition coefficient (Wildman–Crippen LogP) is -0.328. The fourth-order valence-electron chi connectivity index (χ4n) is 3.26. The van der Waals surface area contributed by atoms with Crippen LogP contribution in [-0.2, 0) is 9.53 Å². The monoisotopic (exact) mass is 283 g/mol. The van der Waals surface area contributed by atoms with Crippen LogP contribution in [0.25, 0.3) is 0 Å². The van der Waals surface area contributed by atoms with Gasteiger partial charge in [-0.15, -0.1) is 0 Å². The third kappa shape index (κ3) is 2.88. The number of fused-ring (bicyclic) bond motifs is 2. The van der Waals surface area contributed by atoms with Crippen molar-refractivity contribution in [1.29, 1.82) is 0 Å². The Morgan fingerprint density at radius 1 is 1.00 bits per heavy atom. The highest BCUT2D eigenvalue weighted by Gasteiger charge is 2.37. The Labute approximate surface area is 118 Å². The molecule has 112 valence electrons. The number of carbonyl (C=O) groups excluding carboxylic acids is 1. The van der Waals surface area contributed by atoms with Gasteiger partial charge in [0.05, 0.1) is 18.8 Å². The number of morpholine rings is 1. The molecule has 2 amide bonds. The number of rotatable bonds is 2. The molecule has 3 aliphatic rings. The van der Waals surface area contributed by atoms with Gasteiger partial charge in [0.25, 0.3) is 0 Å². The second-order valence-corrected chi connectivity index (χ2v) is 5.80. The largest absolute Gasteiger partial charge is 0.480 e. The molecular formula is C13H21N3O4. The number of urea groups is 1. The highest BCUT2D eigenvalue weighted by Crippen LogP contribution is 2.26. The van der Waals surface area contributed by atoms with E-state index in [0.29, 0.717) is 39.3 Å². The average molecular weight is 283 g/mol. The number of likely N-dealkylation sites (tertiary alicyclic amines) is 1. The van der Waals surface area contributed by atoms with E-state index in [4.69, 9.17) is 9.84 Å². The molecule has 2 atom stereocenters. The molecule has 3 aliphatic heterocycles. The topological polar surface area (TPSA) is 73.3 Å². The summed E-state index contributed by atoms with van der Waals surface area (Å²) in [5.41, 5.74) is 0. The summed E-state index contributed by atoms with van der Waals surface area (Å²) in [7, 11) is 0. The van der Waals surface area contributed by atoms with E-state index in [1.165, 1.54) is 0 Å². The molecule has 2 unspecified atom stereocenters. The molecule has 3 saturated heterocycles. The number of carboxylic acid groups (broad SMARTS) is 1. The zero-order chi connectivity index (χ0) is 14.1. The number of carbonyl (C=O) groups is 2. The van der Waals surface area contributed by atoms with Gasteiger partial charge in [-0.3, -0.25) is 9.69 Å². The van der Waals surface area contributed by atoms with Gasteiger partial charge < -0.3 is 19.6 Å². The molecule has 3 rings (SSSR count). The van der Waals surface area contributed by atoms with Crippen LogP contribution < -0.4 is 0 Å². The molecule has 7 nitrogen and oxygen atoms in total. The van der Waals surface area contributed by atoms with Crippen molar-refractivity contribution in [2.75, 3.05) is 45.8 Å². The Morgan fingerprint density at radius 2 is 1.60 bits per heavy atom. The minimum atomic E-state index is -0.811. The number of ether oxygens (including phenoxy) is 1. The second kappa shape index (κ2) is 5.57. The van der Waals surface area contributed by atoms with Crippen LogP contribution in [0, 0.1) is 0 Å². The van der Waals surface area contributed by atoms with Gasteiger partial charge in [0.1, 0.15) is 0 Å². The van der Waals surface area contributed by atoms with Crippen molar-refractivity contribution >= 4 is 12.0 Å². The van der Waals surface area contributed by atoms with E-state index in [1.807, 2.05) is 14.7 Å². The maximum atomic E-state index is 12.5. The first-order chi connectivity index (χ1) is 9.61. The van der Waals surface area contributed by atoms with E-state index in [2.05, 4.69) is 0 Å². The summed E-state index contributed by atoms with van der Waals surface area (Å²) in [5.74, 6) is -0.811. The first-order valence-electron chi connectivity index (χ1n) is 7.25. The van der Waals surface area contributed by atoms with Gasteiger partial charge in [0, 0.05) is 39.3 Å². The van der Waals surface area contributed by atoms with Crippen molar-refractivity contribution < 1.29 is 19.4 Å². The Balaban J connectivity index is 1.50. The van der Waals surface area contributed by atoms with Gasteiger partial charge in [-0.2, -0.15) is 0 Å². The number of aliphatic carboxylic acids is 1. The average Bonchev–Trinajstić information content (AvgIpc) is 2.77. The molecule has 0 spiro atoms. The van der Waals surface area contributed by atoms with Gasteiger partial charge >= 0.3 is 12.0 Å². The van der Waals surface area contributed by atoms with Gasteiger partial charge in [-0.05, 0) is 12.8 Å². The lowest BCUT2D eigenvalue weighted by Gasteiger charge is -2.39. The molecule has 2 bridgehead atoms. The smallest absolute Gasteiger partial charge is 0.320 e. The first-order valence-corrected chi connectivity index (χ1v) is 7.25. The quantitative estimate of drug-likeness (QED) is 0.751. The third-order valence-electron chi connectivity index (χ3n) is 4.32. The molecule has 3 heterocycles. The van der Waals surface area contributed by atoms with Crippen LogP contribution in [0.1, 0.15) is 12.8 Å². The summed E-state index contributed by atoms with van der Waals surface area (Å²) in [6.45, 7) is 3.95. The fraction of sp³-hybridized carbons (Fsp3) is 0.846. The lowest BCUT2D eigenvalue weighted by atomic mass is 10.2. The van der Waals surface area contributed by atoms with E-state index in [0.717, 1.165) is 12.8 Å². The van der Waals surface area contributed by atoms with Crippen molar-refractivity contribution in [3.05, 3.63) is 0 Å². The van der Waals surface area contributed by atoms with Crippen molar-refractivity contribution in [2.45, 2.75) is 25.0 Å². The molecule has 0 aromatic rings. The maximum absolute atomic E-state index is 12.5. The number of carboxylic acids is 1. The lowest BCUT2D eigenvalue weighted by Crippen LogP contribution is -2.56. The third-order valence-corrected chi connectivity index (χ3v) is 4.32. The summed E-state index contributed by atoms with van der Waals surface area (Å²) in [6, 6.07) is 0.0835. The molecule has 0 aromatic heterocycles. The van der Waals surface area contributed by atoms with Gasteiger partial charge in [0.15, 0.2) is 0 Å². The summed E-state index contributed by atoms with van der Waals surface area (Å²) >= 11 is 0. The predicted molar refractivity (Wildman–Crippen MR) is 70.5 cm³/mol. The van der Waals surface area contributed by atoms with Crippen LogP contribution in [0.5, 0.6) is 0 Å². The first kappa shape index (κ1) is 13.6. The number of piperazine rings is 1. The summed E-state index contributed by atoms with van der Waals surface area (Å²) < 4.78 is 5.74. The Morgan fingerprint density at radius 3 is 2.15 bits per heavy atom. The minimum absolute atomic E-state index is 0.0593. The zero-order valence-electron chi connectivity index (χ0n) is 11.5. The molecule has 0 radical (unpaired) electrons. The molecular weight excluding hydrogens is 262 g/mol. The summed E-state index contributed by atoms with van der Waals surface area (Å²) in [4.78, 5) is 28.7. The molecule has 1 N–H and O–H groups in total. The molecule has 0 aromatic carbocycles. The summed E-state index contributed by atoms with van der Waals surface area (Å²) in [6.07, 6.45) is 2.54. The van der Waals surface area contributed by atoms with Crippen molar-refractivity contribution in [3.63, 3.8) is 0 Å². The zero-order valence-corrected chi connectivity index (χ0v) is 11.5. The van der Waals surface area contributed by atoms with Crippen LogP contribution in [-0.4, -0.2) is 89.8 Å². The van der Waals surface area contributed by atoms with E-state index in [1.54, 1.807) is 0 Å². The summed E-state index contributed by atoms with van der Waals surface area (Å²) in [5, 5.41) is 8.77. The minimum Gasteiger partial charge on any atom is -0.480 e. The van der Waals surface area contributed by atoms with E-state index >= 15 is 0 Å². The lowest BCUT2D eigenvalue weighted by molar-refractivity contribution is -0.138. The van der Waals surface area contributed by atoms with Gasteiger partial charge in [-0.25, -0.2) is 4.79 Å². The van der Waals surface area contributed by atoms with Crippen molar-refractivity contribution in [3.8, 4) is 0 Å². The highest BCUT2D eigenvalue weighted by atomic mass is 16.5. The molecule has 0 aliphatic carbocycles. The molecule has 3 fully saturated rings. The number of hydrogen-bond acceptors (Lipinski definition) is 4. The Bertz CT molecular complexity index is 383. The fourth-order valence-corrected chi connectivity index (χ4v) is 3.26. The molecule has 0 saturated carbocycles. The van der Waals surface area contributed by atoms with E-state index < -0.39 is 5.97 Å². The van der Waals surface area contributed by atoms with Crippen LogP contribution in [0.2, 0.25) is 0 Å². The van der Waals surface area contributed by atoms with Crippen LogP contribution in [0.15, 0.2) is 0 Å². The number of amides is 2. The van der Waals surface area contributed by atoms with Crippen LogP contribution in [0.4, 0.5) is 4.79 Å². The molecule has 7 heteroatoms. The van der Waals surface area contributed by atoms with Crippen molar-refractivity contribution in [2.24, 2.45) is 0 Å². The highest BCUT2D eigenvalue weighted by molar-refractivity contribution is 5.75. The second-order valence-electron chi connectivity index (χ2n) is 5.80. The number of hydrogen-bond donors (Lipinski definition) is 1. The maximum Gasteiger partial charge on any atom is 0.320 e. The van der Waals surface area contributed by atoms with E-state index in [-0.39, 0.29) is 24.8 Å². The molecule has 20 heavy (non-hydrogen) atoms. The van der Waals surface area contributed by atoms with Crippen LogP contribution >= 0.6 is 0 Å². The standard InChI is InChI=1S/C13H21N3O4/c17-12(18)9-14-3-5-15(6-4-14)13(19)16-7-10-1-2-11(8-16)20-10/h10-11H,1-9H2,(H,17,18). The SMILES string of the molecule is O=C(O)CN1CCN(C(=O)N2CC3CCC(C2)O3)CC1. The van der Waals surface area contributed by atoms with Gasteiger partial charge in [-0.1, -0.05) is 0 Å². The number of nitrogens with zero attached hydrogens (tertiary/aromatic N) is 3. The van der Waals surface area contributed by atoms with E-state index in [9.17, 15) is 9.59 Å².